The first-order chi connectivity index (χ1) is 10.8. The van der Waals surface area contributed by atoms with Crippen molar-refractivity contribution in [1.82, 2.24) is 9.88 Å². The lowest BCUT2D eigenvalue weighted by Gasteiger charge is -2.32. The monoisotopic (exact) mass is 314 g/mol. The van der Waals surface area contributed by atoms with E-state index in [4.69, 9.17) is 4.74 Å². The molecule has 0 radical (unpaired) electrons. The molecule has 1 aliphatic heterocycles. The molecule has 0 bridgehead atoms. The number of methoxy groups -OCH3 is 1. The number of aromatic amines is 1. The predicted octanol–water partition coefficient (Wildman–Crippen LogP) is 2.89. The highest BCUT2D eigenvalue weighted by molar-refractivity contribution is 5.96. The van der Waals surface area contributed by atoms with Crippen molar-refractivity contribution in [3.05, 3.63) is 35.0 Å². The van der Waals surface area contributed by atoms with Crippen LogP contribution in [0.3, 0.4) is 0 Å². The second kappa shape index (κ2) is 5.41. The molecule has 2 heterocycles. The van der Waals surface area contributed by atoms with Crippen LogP contribution in [-0.4, -0.2) is 35.4 Å². The fraction of sp³-hybridized carbons (Fsp3) is 0.444. The van der Waals surface area contributed by atoms with Crippen LogP contribution in [0.2, 0.25) is 0 Å². The van der Waals surface area contributed by atoms with Gasteiger partial charge in [-0.05, 0) is 18.2 Å². The van der Waals surface area contributed by atoms with Crippen LogP contribution in [0.5, 0.6) is 0 Å². The highest BCUT2D eigenvalue weighted by Gasteiger charge is 2.31. The number of aromatic nitrogens is 1. The topological polar surface area (TPSA) is 62.4 Å². The Kier molecular flexibility index (Phi) is 3.66. The summed E-state index contributed by atoms with van der Waals surface area (Å²) in [6.07, 6.45) is 0.805. The molecule has 5 nitrogen and oxygen atoms in total. The zero-order valence-corrected chi connectivity index (χ0v) is 14.0. The molecule has 3 rings (SSSR count). The summed E-state index contributed by atoms with van der Waals surface area (Å²) in [5.74, 6) is -0.193. The van der Waals surface area contributed by atoms with Crippen molar-refractivity contribution in [1.29, 1.82) is 0 Å². The van der Waals surface area contributed by atoms with Crippen LogP contribution in [0.25, 0.3) is 10.9 Å². The third-order valence-corrected chi connectivity index (χ3v) is 4.33. The summed E-state index contributed by atoms with van der Waals surface area (Å²) in [5, 5.41) is 0.995. The number of H-pyrrole nitrogens is 1. The van der Waals surface area contributed by atoms with Crippen LogP contribution in [0, 0.1) is 5.41 Å². The predicted molar refractivity (Wildman–Crippen MR) is 88.2 cm³/mol. The summed E-state index contributed by atoms with van der Waals surface area (Å²) in [6, 6.07) is 5.51. The molecule has 1 amide bonds. The Morgan fingerprint density at radius 1 is 1.26 bits per heavy atom. The van der Waals surface area contributed by atoms with Gasteiger partial charge in [0.05, 0.1) is 12.7 Å². The van der Waals surface area contributed by atoms with Crippen molar-refractivity contribution in [2.75, 3.05) is 13.7 Å². The van der Waals surface area contributed by atoms with E-state index in [1.165, 1.54) is 7.11 Å². The lowest BCUT2D eigenvalue weighted by molar-refractivity contribution is -0.140. The van der Waals surface area contributed by atoms with Gasteiger partial charge < -0.3 is 14.6 Å². The summed E-state index contributed by atoms with van der Waals surface area (Å²) in [4.78, 5) is 29.6. The number of ether oxygens (including phenoxy) is 1. The number of rotatable bonds is 1. The third-order valence-electron chi connectivity index (χ3n) is 4.33. The molecule has 23 heavy (non-hydrogen) atoms. The van der Waals surface area contributed by atoms with Gasteiger partial charge >= 0.3 is 5.97 Å². The van der Waals surface area contributed by atoms with Gasteiger partial charge in [-0.15, -0.1) is 0 Å². The number of esters is 1. The van der Waals surface area contributed by atoms with E-state index in [0.29, 0.717) is 12.1 Å². The van der Waals surface area contributed by atoms with E-state index in [-0.39, 0.29) is 17.3 Å². The van der Waals surface area contributed by atoms with E-state index < -0.39 is 0 Å². The van der Waals surface area contributed by atoms with Gasteiger partial charge in [0, 0.05) is 47.1 Å². The number of amides is 1. The van der Waals surface area contributed by atoms with E-state index in [1.54, 1.807) is 6.07 Å². The summed E-state index contributed by atoms with van der Waals surface area (Å²) >= 11 is 0. The first-order valence-electron chi connectivity index (χ1n) is 7.82. The summed E-state index contributed by atoms with van der Waals surface area (Å²) in [5.41, 5.74) is 3.39. The minimum atomic E-state index is -0.388. The first kappa shape index (κ1) is 15.6. The lowest BCUT2D eigenvalue weighted by Crippen LogP contribution is -2.42. The number of fused-ring (bicyclic) bond motifs is 3. The van der Waals surface area contributed by atoms with Gasteiger partial charge in [-0.25, -0.2) is 4.79 Å². The maximum atomic E-state index is 12.6. The van der Waals surface area contributed by atoms with Crippen LogP contribution in [0.4, 0.5) is 0 Å². The molecule has 1 aromatic carbocycles. The number of carbonyl (C=O) groups is 2. The van der Waals surface area contributed by atoms with Crippen molar-refractivity contribution in [2.24, 2.45) is 5.41 Å². The second-order valence-corrected chi connectivity index (χ2v) is 7.06. The number of nitrogens with zero attached hydrogens (tertiary/aromatic N) is 1. The Labute approximate surface area is 135 Å². The molecule has 0 saturated heterocycles. The first-order valence-corrected chi connectivity index (χ1v) is 7.82. The van der Waals surface area contributed by atoms with Crippen LogP contribution in [0.1, 0.15) is 42.4 Å². The van der Waals surface area contributed by atoms with E-state index >= 15 is 0 Å². The molecule has 0 atom stereocenters. The van der Waals surface area contributed by atoms with Gasteiger partial charge in [-0.3, -0.25) is 4.79 Å². The Bertz CT molecular complexity index is 783. The molecule has 5 heteroatoms. The molecular weight excluding hydrogens is 292 g/mol. The van der Waals surface area contributed by atoms with Gasteiger partial charge in [0.1, 0.15) is 0 Å². The highest BCUT2D eigenvalue weighted by atomic mass is 16.5. The summed E-state index contributed by atoms with van der Waals surface area (Å²) in [6.45, 7) is 7.12. The van der Waals surface area contributed by atoms with Crippen molar-refractivity contribution < 1.29 is 14.3 Å². The van der Waals surface area contributed by atoms with Gasteiger partial charge in [0.25, 0.3) is 0 Å². The number of nitrogens with one attached hydrogen (secondary N) is 1. The minimum Gasteiger partial charge on any atom is -0.465 e. The van der Waals surface area contributed by atoms with Gasteiger partial charge in [0.15, 0.2) is 0 Å². The molecule has 0 unspecified atom stereocenters. The molecule has 1 aromatic heterocycles. The van der Waals surface area contributed by atoms with E-state index in [0.717, 1.165) is 35.1 Å². The molecule has 0 aliphatic carbocycles. The Balaban J connectivity index is 2.00. The van der Waals surface area contributed by atoms with Gasteiger partial charge in [-0.2, -0.15) is 0 Å². The van der Waals surface area contributed by atoms with Crippen LogP contribution in [-0.2, 0) is 22.5 Å². The highest BCUT2D eigenvalue weighted by Crippen LogP contribution is 2.30. The van der Waals surface area contributed by atoms with Crippen LogP contribution >= 0.6 is 0 Å². The maximum absolute atomic E-state index is 12.6. The van der Waals surface area contributed by atoms with Gasteiger partial charge in [0.2, 0.25) is 5.91 Å². The average molecular weight is 314 g/mol. The second-order valence-electron chi connectivity index (χ2n) is 7.06. The largest absolute Gasteiger partial charge is 0.465 e. The fourth-order valence-electron chi connectivity index (χ4n) is 3.11. The van der Waals surface area contributed by atoms with E-state index in [9.17, 15) is 9.59 Å². The lowest BCUT2D eigenvalue weighted by atomic mass is 9.93. The Morgan fingerprint density at radius 2 is 2.00 bits per heavy atom. The maximum Gasteiger partial charge on any atom is 0.337 e. The fourth-order valence-corrected chi connectivity index (χ4v) is 3.11. The smallest absolute Gasteiger partial charge is 0.337 e. The zero-order chi connectivity index (χ0) is 16.8. The Hall–Kier alpha value is -2.30. The van der Waals surface area contributed by atoms with E-state index in [1.807, 2.05) is 37.8 Å². The van der Waals surface area contributed by atoms with Crippen LogP contribution < -0.4 is 0 Å². The number of hydrogen-bond donors (Lipinski definition) is 1. The Morgan fingerprint density at radius 3 is 2.65 bits per heavy atom. The number of hydrogen-bond acceptors (Lipinski definition) is 3. The third kappa shape index (κ3) is 2.71. The SMILES string of the molecule is COC(=O)c1ccc2[nH]c3c(c2c1)CN(C(=O)C(C)(C)C)CC3. The van der Waals surface area contributed by atoms with Gasteiger partial charge in [-0.1, -0.05) is 20.8 Å². The molecular formula is C18H22N2O3. The van der Waals surface area contributed by atoms with Crippen molar-refractivity contribution in [3.63, 3.8) is 0 Å². The average Bonchev–Trinajstić information content (AvgIpc) is 2.89. The van der Waals surface area contributed by atoms with Crippen molar-refractivity contribution >= 4 is 22.8 Å². The number of benzene rings is 1. The minimum absolute atomic E-state index is 0.154. The summed E-state index contributed by atoms with van der Waals surface area (Å²) in [7, 11) is 1.38. The standard InChI is InChI=1S/C18H22N2O3/c1-18(2,3)17(22)20-8-7-15-13(10-20)12-9-11(16(21)23-4)5-6-14(12)19-15/h5-6,9,19H,7-8,10H2,1-4H3. The summed E-state index contributed by atoms with van der Waals surface area (Å²) < 4.78 is 4.80. The number of carbonyl (C=O) groups excluding carboxylic acids is 2. The van der Waals surface area contributed by atoms with Crippen LogP contribution in [0.15, 0.2) is 18.2 Å². The zero-order valence-electron chi connectivity index (χ0n) is 14.0. The molecule has 0 saturated carbocycles. The van der Waals surface area contributed by atoms with E-state index in [2.05, 4.69) is 4.98 Å². The van der Waals surface area contributed by atoms with Crippen molar-refractivity contribution in [3.8, 4) is 0 Å². The molecule has 122 valence electrons. The molecule has 1 N–H and O–H groups in total. The molecule has 0 fully saturated rings. The molecule has 0 spiro atoms. The quantitative estimate of drug-likeness (QED) is 0.823. The molecule has 1 aliphatic rings. The normalized spacial score (nSPS) is 14.7. The molecule has 2 aromatic rings. The van der Waals surface area contributed by atoms with Crippen molar-refractivity contribution in [2.45, 2.75) is 33.7 Å².